The van der Waals surface area contributed by atoms with Crippen molar-refractivity contribution in [3.8, 4) is 9.75 Å². The summed E-state index contributed by atoms with van der Waals surface area (Å²) in [4.78, 5) is 31.0. The number of hydrogen-bond acceptors (Lipinski definition) is 7. The molecule has 0 radical (unpaired) electrons. The van der Waals surface area contributed by atoms with Crippen LogP contribution in [0.25, 0.3) is 21.1 Å². The van der Waals surface area contributed by atoms with Crippen LogP contribution >= 0.6 is 34.0 Å². The second kappa shape index (κ2) is 6.48. The van der Waals surface area contributed by atoms with Crippen molar-refractivity contribution in [2.24, 2.45) is 0 Å². The molecule has 5 rings (SSSR count). The van der Waals surface area contributed by atoms with E-state index in [1.807, 2.05) is 38.1 Å². The summed E-state index contributed by atoms with van der Waals surface area (Å²) in [5.74, 6) is -1.44. The van der Waals surface area contributed by atoms with Crippen LogP contribution in [0.15, 0.2) is 47.5 Å². The van der Waals surface area contributed by atoms with Crippen molar-refractivity contribution in [1.82, 2.24) is 10.1 Å². The number of amides is 2. The van der Waals surface area contributed by atoms with Crippen molar-refractivity contribution in [3.63, 3.8) is 0 Å². The number of fused-ring (bicyclic) bond motifs is 1. The highest BCUT2D eigenvalue weighted by Crippen LogP contribution is 2.48. The summed E-state index contributed by atoms with van der Waals surface area (Å²) in [6, 6.07) is 11.3. The van der Waals surface area contributed by atoms with Crippen LogP contribution < -0.4 is 0 Å². The molecule has 0 bridgehead atoms. The number of thiophene rings is 3. The van der Waals surface area contributed by atoms with E-state index in [0.717, 1.165) is 14.6 Å². The molecule has 2 aliphatic rings. The molecule has 6 nitrogen and oxygen atoms in total. The minimum absolute atomic E-state index is 0.0248. The smallest absolute Gasteiger partial charge is 0.281 e. The third-order valence-corrected chi connectivity index (χ3v) is 8.05. The average Bonchev–Trinajstić information content (AvgIpc) is 3.48. The summed E-state index contributed by atoms with van der Waals surface area (Å²) >= 11 is 4.39. The number of rotatable bonds is 3. The Kier molecular flexibility index (Phi) is 4.12. The topological polar surface area (TPSA) is 81.1 Å². The molecular weight excluding hydrogens is 428 g/mol. The van der Waals surface area contributed by atoms with E-state index < -0.39 is 11.8 Å². The lowest BCUT2D eigenvalue weighted by molar-refractivity contribution is -0.146. The fourth-order valence-corrected chi connectivity index (χ4v) is 6.37. The van der Waals surface area contributed by atoms with Crippen LogP contribution in [0.3, 0.4) is 0 Å². The molecular formula is C20H14N2O4S3. The molecule has 0 spiro atoms. The first-order valence-corrected chi connectivity index (χ1v) is 11.1. The number of aryl methyl sites for hydroxylation is 2. The van der Waals surface area contributed by atoms with Gasteiger partial charge in [-0.1, -0.05) is 0 Å². The summed E-state index contributed by atoms with van der Waals surface area (Å²) in [6.07, 6.45) is 0. The number of nitrogens with zero attached hydrogens (tertiary/aromatic N) is 2. The van der Waals surface area contributed by atoms with Gasteiger partial charge in [-0.2, -0.15) is 10.1 Å². The summed E-state index contributed by atoms with van der Waals surface area (Å²) < 4.78 is 0. The molecule has 2 amide bonds. The van der Waals surface area contributed by atoms with Gasteiger partial charge in [0.2, 0.25) is 0 Å². The van der Waals surface area contributed by atoms with Gasteiger partial charge in [0.05, 0.1) is 20.9 Å². The maximum Gasteiger partial charge on any atom is 0.285 e. The van der Waals surface area contributed by atoms with Crippen molar-refractivity contribution in [1.29, 1.82) is 0 Å². The molecule has 0 saturated carbocycles. The molecule has 3 aromatic heterocycles. The molecule has 3 aromatic rings. The van der Waals surface area contributed by atoms with Crippen molar-refractivity contribution >= 4 is 57.2 Å². The van der Waals surface area contributed by atoms with Crippen LogP contribution in [0.4, 0.5) is 0 Å². The van der Waals surface area contributed by atoms with Crippen LogP contribution in [0.5, 0.6) is 0 Å². The molecule has 2 aliphatic heterocycles. The number of carbonyl (C=O) groups is 2. The zero-order valence-corrected chi connectivity index (χ0v) is 17.7. The Hall–Kier alpha value is -2.56. The first-order valence-electron chi connectivity index (χ1n) is 8.66. The Morgan fingerprint density at radius 2 is 1.00 bits per heavy atom. The Morgan fingerprint density at radius 3 is 1.48 bits per heavy atom. The Morgan fingerprint density at radius 1 is 0.621 bits per heavy atom. The fraction of sp³-hybridized carbons (Fsp3) is 0.100. The van der Waals surface area contributed by atoms with Crippen LogP contribution in [0, 0.1) is 13.8 Å². The minimum Gasteiger partial charge on any atom is -0.281 e. The third kappa shape index (κ3) is 2.66. The number of hydrogen-bond donors (Lipinski definition) is 2. The molecule has 0 fully saturated rings. The molecule has 0 unspecified atom stereocenters. The monoisotopic (exact) mass is 442 g/mol. The van der Waals surface area contributed by atoms with Crippen LogP contribution in [-0.4, -0.2) is 32.4 Å². The maximum absolute atomic E-state index is 12.8. The number of carbonyl (C=O) groups excluding carboxylic acids is 2. The van der Waals surface area contributed by atoms with E-state index in [-0.39, 0.29) is 22.5 Å². The predicted molar refractivity (Wildman–Crippen MR) is 113 cm³/mol. The summed E-state index contributed by atoms with van der Waals surface area (Å²) in [7, 11) is 0. The van der Waals surface area contributed by atoms with Crippen LogP contribution in [0.1, 0.15) is 19.5 Å². The lowest BCUT2D eigenvalue weighted by Crippen LogP contribution is -2.25. The van der Waals surface area contributed by atoms with Gasteiger partial charge in [0.25, 0.3) is 11.8 Å². The second-order valence-corrected chi connectivity index (χ2v) is 10.3. The molecule has 0 aliphatic carbocycles. The van der Waals surface area contributed by atoms with Crippen molar-refractivity contribution in [3.05, 3.63) is 67.1 Å². The average molecular weight is 443 g/mol. The van der Waals surface area contributed by atoms with E-state index in [4.69, 9.17) is 0 Å². The lowest BCUT2D eigenvalue weighted by atomic mass is 10.1. The van der Waals surface area contributed by atoms with Gasteiger partial charge >= 0.3 is 0 Å². The summed E-state index contributed by atoms with van der Waals surface area (Å²) in [5, 5.41) is 22.0. The van der Waals surface area contributed by atoms with Gasteiger partial charge in [-0.25, -0.2) is 0 Å². The van der Waals surface area contributed by atoms with Gasteiger partial charge < -0.3 is 0 Å². The zero-order chi connectivity index (χ0) is 20.4. The van der Waals surface area contributed by atoms with Gasteiger partial charge in [-0.15, -0.1) is 34.0 Å². The van der Waals surface area contributed by atoms with E-state index in [2.05, 4.69) is 0 Å². The van der Waals surface area contributed by atoms with Gasteiger partial charge in [0.15, 0.2) is 0 Å². The molecule has 0 saturated heterocycles. The quantitative estimate of drug-likeness (QED) is 0.574. The van der Waals surface area contributed by atoms with E-state index in [1.165, 1.54) is 27.6 Å². The first-order chi connectivity index (χ1) is 13.9. The van der Waals surface area contributed by atoms with Gasteiger partial charge in [-0.05, 0) is 50.2 Å². The molecule has 146 valence electrons. The Bertz CT molecular complexity index is 1260. The maximum atomic E-state index is 12.8. The summed E-state index contributed by atoms with van der Waals surface area (Å²) in [5.41, 5.74) is 0.283. The van der Waals surface area contributed by atoms with Crippen molar-refractivity contribution < 1.29 is 20.0 Å². The van der Waals surface area contributed by atoms with E-state index in [0.29, 0.717) is 19.9 Å². The number of hydroxylamine groups is 4. The molecule has 5 heterocycles. The Balaban J connectivity index is 1.68. The molecule has 0 aromatic carbocycles. The SMILES string of the molecule is Cc1ccc(C2=C3C(=O)N(O)C(c4ccc(-c5ccc(C)s5)s4)=C3C(=O)N2O)s1. The first kappa shape index (κ1) is 18.5. The molecule has 2 N–H and O–H groups in total. The van der Waals surface area contributed by atoms with Gasteiger partial charge in [0, 0.05) is 19.5 Å². The highest BCUT2D eigenvalue weighted by Gasteiger charge is 2.49. The van der Waals surface area contributed by atoms with Gasteiger partial charge in [-0.3, -0.25) is 20.0 Å². The van der Waals surface area contributed by atoms with E-state index in [9.17, 15) is 20.0 Å². The minimum atomic E-state index is -0.720. The van der Waals surface area contributed by atoms with E-state index >= 15 is 0 Å². The highest BCUT2D eigenvalue weighted by atomic mass is 32.1. The fourth-order valence-electron chi connectivity index (χ4n) is 3.46. The molecule has 9 heteroatoms. The molecule has 0 atom stereocenters. The van der Waals surface area contributed by atoms with Crippen LogP contribution in [-0.2, 0) is 9.59 Å². The zero-order valence-electron chi connectivity index (χ0n) is 15.3. The van der Waals surface area contributed by atoms with Crippen molar-refractivity contribution in [2.75, 3.05) is 0 Å². The highest BCUT2D eigenvalue weighted by molar-refractivity contribution is 7.22. The van der Waals surface area contributed by atoms with Crippen LogP contribution in [0.2, 0.25) is 0 Å². The van der Waals surface area contributed by atoms with Crippen molar-refractivity contribution in [2.45, 2.75) is 13.8 Å². The van der Waals surface area contributed by atoms with E-state index in [1.54, 1.807) is 23.5 Å². The second-order valence-electron chi connectivity index (χ2n) is 6.67. The Labute approximate surface area is 177 Å². The predicted octanol–water partition coefficient (Wildman–Crippen LogP) is 4.74. The largest absolute Gasteiger partial charge is 0.285 e. The van der Waals surface area contributed by atoms with Gasteiger partial charge in [0.1, 0.15) is 11.4 Å². The third-order valence-electron chi connectivity index (χ3n) is 4.76. The normalized spacial score (nSPS) is 16.7. The lowest BCUT2D eigenvalue weighted by Gasteiger charge is -2.15. The standard InChI is InChI=1S/C20H14N2O4S3/c1-9-3-5-11(27-9)12-7-8-14(29-12)18-16-15(19(23)22(18)26)17(21(25)20(16)24)13-6-4-10(2)28-13/h3-8,25-26H,1-2H3. The summed E-state index contributed by atoms with van der Waals surface area (Å²) in [6.45, 7) is 3.92. The molecule has 29 heavy (non-hydrogen) atoms.